The minimum absolute atomic E-state index is 0.0584. The molecule has 0 unspecified atom stereocenters. The van der Waals surface area contributed by atoms with Crippen LogP contribution in [0.5, 0.6) is 0 Å². The van der Waals surface area contributed by atoms with Crippen LogP contribution < -0.4 is 5.32 Å². The summed E-state index contributed by atoms with van der Waals surface area (Å²) in [6.07, 6.45) is 0. The molecule has 0 saturated heterocycles. The number of rotatable bonds is 4. The number of benzene rings is 1. The summed E-state index contributed by atoms with van der Waals surface area (Å²) in [6.45, 7) is -0.0584. The molecule has 16 heavy (non-hydrogen) atoms. The van der Waals surface area contributed by atoms with Gasteiger partial charge in [0.05, 0.1) is 11.8 Å². The Hall–Kier alpha value is -1.61. The number of thioether (sulfide) groups is 1. The Bertz CT molecular complexity index is 431. The smallest absolute Gasteiger partial charge is 0.231 e. The van der Waals surface area contributed by atoms with Crippen LogP contribution in [0.25, 0.3) is 0 Å². The number of hydrogen-bond donors (Lipinski definition) is 1. The molecular weight excluding hydrogens is 234 g/mol. The highest BCUT2D eigenvalue weighted by Crippen LogP contribution is 2.19. The molecule has 3 nitrogen and oxygen atoms in total. The van der Waals surface area contributed by atoms with Crippen LogP contribution in [-0.4, -0.2) is 18.2 Å². The molecule has 0 atom stereocenters. The van der Waals surface area contributed by atoms with Gasteiger partial charge < -0.3 is 5.32 Å². The van der Waals surface area contributed by atoms with Crippen LogP contribution in [0.2, 0.25) is 0 Å². The van der Waals surface area contributed by atoms with E-state index in [2.05, 4.69) is 5.32 Å². The van der Waals surface area contributed by atoms with Crippen molar-refractivity contribution in [3.05, 3.63) is 29.8 Å². The topological polar surface area (TPSA) is 52.9 Å². The third-order valence-corrected chi connectivity index (χ3v) is 2.62. The van der Waals surface area contributed by atoms with Crippen molar-refractivity contribution in [1.82, 2.24) is 5.32 Å². The Morgan fingerprint density at radius 3 is 2.81 bits per heavy atom. The maximum atomic E-state index is 12.8. The second-order valence-electron chi connectivity index (χ2n) is 2.80. The van der Waals surface area contributed by atoms with E-state index in [1.165, 1.54) is 6.07 Å². The van der Waals surface area contributed by atoms with Crippen LogP contribution >= 0.6 is 11.8 Å². The lowest BCUT2D eigenvalue weighted by atomic mass is 10.3. The van der Waals surface area contributed by atoms with Gasteiger partial charge in [0, 0.05) is 4.90 Å². The molecule has 0 aliphatic heterocycles. The quantitative estimate of drug-likeness (QED) is 0.645. The minimum atomic E-state index is -0.942. The fourth-order valence-corrected chi connectivity index (χ4v) is 1.66. The molecular formula is C10H8F2N2OS. The van der Waals surface area contributed by atoms with E-state index in [1.54, 1.807) is 6.07 Å². The Balaban J connectivity index is 2.46. The van der Waals surface area contributed by atoms with Crippen molar-refractivity contribution in [1.29, 1.82) is 5.26 Å². The number of nitrogens with zero attached hydrogens (tertiary/aromatic N) is 1. The first kappa shape index (κ1) is 12.5. The molecule has 1 aromatic rings. The predicted octanol–water partition coefficient (Wildman–Crippen LogP) is 1.70. The fraction of sp³-hybridized carbons (Fsp3) is 0.200. The van der Waals surface area contributed by atoms with Gasteiger partial charge in [0.15, 0.2) is 11.6 Å². The fourth-order valence-electron chi connectivity index (χ4n) is 0.905. The van der Waals surface area contributed by atoms with Crippen molar-refractivity contribution >= 4 is 17.7 Å². The zero-order valence-corrected chi connectivity index (χ0v) is 8.98. The summed E-state index contributed by atoms with van der Waals surface area (Å²) in [5.41, 5.74) is 0. The monoisotopic (exact) mass is 242 g/mol. The van der Waals surface area contributed by atoms with Crippen molar-refractivity contribution in [3.8, 4) is 6.07 Å². The summed E-state index contributed by atoms with van der Waals surface area (Å²) < 4.78 is 25.3. The van der Waals surface area contributed by atoms with Crippen LogP contribution in [0, 0.1) is 23.0 Å². The highest BCUT2D eigenvalue weighted by molar-refractivity contribution is 8.00. The van der Waals surface area contributed by atoms with E-state index in [0.29, 0.717) is 4.90 Å². The van der Waals surface area contributed by atoms with Gasteiger partial charge in [-0.1, -0.05) is 0 Å². The third-order valence-electron chi connectivity index (χ3n) is 1.63. The molecule has 0 spiro atoms. The Kier molecular flexibility index (Phi) is 4.73. The number of nitrogens with one attached hydrogen (secondary N) is 1. The van der Waals surface area contributed by atoms with Crippen molar-refractivity contribution in [2.24, 2.45) is 0 Å². The zero-order chi connectivity index (χ0) is 12.0. The van der Waals surface area contributed by atoms with E-state index >= 15 is 0 Å². The zero-order valence-electron chi connectivity index (χ0n) is 8.17. The summed E-state index contributed by atoms with van der Waals surface area (Å²) in [5.74, 6) is -2.12. The Morgan fingerprint density at radius 1 is 1.44 bits per heavy atom. The van der Waals surface area contributed by atoms with Gasteiger partial charge in [0.2, 0.25) is 5.91 Å². The maximum absolute atomic E-state index is 12.8. The van der Waals surface area contributed by atoms with Gasteiger partial charge in [-0.2, -0.15) is 5.26 Å². The largest absolute Gasteiger partial charge is 0.342 e. The molecule has 6 heteroatoms. The molecule has 0 aromatic heterocycles. The van der Waals surface area contributed by atoms with Crippen LogP contribution in [0.15, 0.2) is 23.1 Å². The van der Waals surface area contributed by atoms with Crippen molar-refractivity contribution in [2.45, 2.75) is 4.90 Å². The summed E-state index contributed by atoms with van der Waals surface area (Å²) >= 11 is 1.07. The van der Waals surface area contributed by atoms with E-state index in [0.717, 1.165) is 23.9 Å². The van der Waals surface area contributed by atoms with Gasteiger partial charge in [-0.05, 0) is 18.2 Å². The second kappa shape index (κ2) is 6.08. The first-order chi connectivity index (χ1) is 7.63. The lowest BCUT2D eigenvalue weighted by molar-refractivity contribution is -0.118. The molecule has 1 aromatic carbocycles. The molecule has 1 rings (SSSR count). The lowest BCUT2D eigenvalue weighted by Crippen LogP contribution is -2.25. The number of amides is 1. The van der Waals surface area contributed by atoms with E-state index in [1.807, 2.05) is 0 Å². The summed E-state index contributed by atoms with van der Waals surface area (Å²) in [7, 11) is 0. The number of nitriles is 1. The number of halogens is 2. The minimum Gasteiger partial charge on any atom is -0.342 e. The molecule has 0 aliphatic carbocycles. The van der Waals surface area contributed by atoms with E-state index in [-0.39, 0.29) is 18.2 Å². The van der Waals surface area contributed by atoms with Crippen molar-refractivity contribution in [2.75, 3.05) is 12.3 Å². The highest BCUT2D eigenvalue weighted by atomic mass is 32.2. The summed E-state index contributed by atoms with van der Waals surface area (Å²) in [5, 5.41) is 10.5. The average Bonchev–Trinajstić information content (AvgIpc) is 2.28. The average molecular weight is 242 g/mol. The molecule has 84 valence electrons. The molecule has 0 fully saturated rings. The van der Waals surface area contributed by atoms with Gasteiger partial charge in [-0.25, -0.2) is 8.78 Å². The molecule has 0 saturated carbocycles. The van der Waals surface area contributed by atoms with Gasteiger partial charge >= 0.3 is 0 Å². The van der Waals surface area contributed by atoms with Crippen LogP contribution in [-0.2, 0) is 4.79 Å². The Morgan fingerprint density at radius 2 is 2.19 bits per heavy atom. The number of carbonyl (C=O) groups excluding carboxylic acids is 1. The standard InChI is InChI=1S/C10H8F2N2OS/c11-8-2-1-7(5-9(8)12)16-6-10(15)14-4-3-13/h1-2,5H,4,6H2,(H,14,15). The van der Waals surface area contributed by atoms with E-state index in [4.69, 9.17) is 5.26 Å². The third kappa shape index (κ3) is 3.87. The molecule has 0 bridgehead atoms. The lowest BCUT2D eigenvalue weighted by Gasteiger charge is -2.02. The maximum Gasteiger partial charge on any atom is 0.231 e. The second-order valence-corrected chi connectivity index (χ2v) is 3.85. The molecule has 0 aliphatic rings. The van der Waals surface area contributed by atoms with E-state index < -0.39 is 11.6 Å². The Labute approximate surface area is 95.4 Å². The van der Waals surface area contributed by atoms with Gasteiger partial charge in [-0.15, -0.1) is 11.8 Å². The number of hydrogen-bond acceptors (Lipinski definition) is 3. The van der Waals surface area contributed by atoms with Gasteiger partial charge in [0.25, 0.3) is 0 Å². The van der Waals surface area contributed by atoms with Crippen LogP contribution in [0.1, 0.15) is 0 Å². The first-order valence-electron chi connectivity index (χ1n) is 4.35. The highest BCUT2D eigenvalue weighted by Gasteiger charge is 2.05. The van der Waals surface area contributed by atoms with Gasteiger partial charge in [-0.3, -0.25) is 4.79 Å². The molecule has 0 heterocycles. The molecule has 1 amide bonds. The normalized spacial score (nSPS) is 9.56. The SMILES string of the molecule is N#CCNC(=O)CSc1ccc(F)c(F)c1. The van der Waals surface area contributed by atoms with Crippen LogP contribution in [0.3, 0.4) is 0 Å². The predicted molar refractivity (Wildman–Crippen MR) is 55.7 cm³/mol. The summed E-state index contributed by atoms with van der Waals surface area (Å²) in [4.78, 5) is 11.5. The first-order valence-corrected chi connectivity index (χ1v) is 5.33. The van der Waals surface area contributed by atoms with Crippen LogP contribution in [0.4, 0.5) is 8.78 Å². The number of carbonyl (C=O) groups is 1. The summed E-state index contributed by atoms with van der Waals surface area (Å²) in [6, 6.07) is 5.18. The van der Waals surface area contributed by atoms with Crippen molar-refractivity contribution < 1.29 is 13.6 Å². The molecule has 1 N–H and O–H groups in total. The van der Waals surface area contributed by atoms with E-state index in [9.17, 15) is 13.6 Å². The van der Waals surface area contributed by atoms with Crippen molar-refractivity contribution in [3.63, 3.8) is 0 Å². The van der Waals surface area contributed by atoms with Gasteiger partial charge in [0.1, 0.15) is 6.54 Å². The molecule has 0 radical (unpaired) electrons.